The van der Waals surface area contributed by atoms with Crippen LogP contribution in [0.1, 0.15) is 17.3 Å². The zero-order chi connectivity index (χ0) is 12.7. The Bertz CT molecular complexity index is 693. The molecule has 0 bridgehead atoms. The van der Waals surface area contributed by atoms with Crippen LogP contribution in [0, 0.1) is 13.8 Å². The van der Waals surface area contributed by atoms with Crippen molar-refractivity contribution in [3.63, 3.8) is 0 Å². The van der Waals surface area contributed by atoms with Crippen molar-refractivity contribution < 1.29 is 4.42 Å². The van der Waals surface area contributed by atoms with Gasteiger partial charge in [-0.05, 0) is 19.9 Å². The SMILES string of the molecule is Cc1nc(Cn2c(N)nc3cnccc32)oc1C. The summed E-state index contributed by atoms with van der Waals surface area (Å²) in [6, 6.07) is 1.88. The van der Waals surface area contributed by atoms with Crippen molar-refractivity contribution in [2.45, 2.75) is 20.4 Å². The molecule has 0 amide bonds. The molecule has 0 spiro atoms. The average molecular weight is 243 g/mol. The minimum Gasteiger partial charge on any atom is -0.444 e. The smallest absolute Gasteiger partial charge is 0.214 e. The van der Waals surface area contributed by atoms with E-state index in [2.05, 4.69) is 15.0 Å². The lowest BCUT2D eigenvalue weighted by Gasteiger charge is -2.02. The van der Waals surface area contributed by atoms with Crippen molar-refractivity contribution in [2.75, 3.05) is 5.73 Å². The van der Waals surface area contributed by atoms with Crippen molar-refractivity contribution in [3.05, 3.63) is 35.8 Å². The van der Waals surface area contributed by atoms with E-state index in [0.717, 1.165) is 22.5 Å². The first kappa shape index (κ1) is 10.8. The summed E-state index contributed by atoms with van der Waals surface area (Å²) in [6.07, 6.45) is 3.40. The second-order valence-corrected chi connectivity index (χ2v) is 4.17. The third kappa shape index (κ3) is 1.62. The Morgan fingerprint density at radius 3 is 2.89 bits per heavy atom. The van der Waals surface area contributed by atoms with Gasteiger partial charge in [-0.15, -0.1) is 0 Å². The van der Waals surface area contributed by atoms with Gasteiger partial charge in [0.25, 0.3) is 0 Å². The second kappa shape index (κ2) is 3.83. The predicted octanol–water partition coefficient (Wildman–Crippen LogP) is 1.67. The van der Waals surface area contributed by atoms with Gasteiger partial charge in [0, 0.05) is 6.20 Å². The molecule has 2 N–H and O–H groups in total. The summed E-state index contributed by atoms with van der Waals surface area (Å²) in [5, 5.41) is 0. The number of fused-ring (bicyclic) bond motifs is 1. The van der Waals surface area contributed by atoms with Crippen LogP contribution < -0.4 is 5.73 Å². The molecule has 3 rings (SSSR count). The Morgan fingerprint density at radius 2 is 2.17 bits per heavy atom. The maximum atomic E-state index is 5.90. The van der Waals surface area contributed by atoms with Crippen LogP contribution in [-0.4, -0.2) is 19.5 Å². The highest BCUT2D eigenvalue weighted by Gasteiger charge is 2.12. The Balaban J connectivity index is 2.06. The van der Waals surface area contributed by atoms with Gasteiger partial charge < -0.3 is 14.7 Å². The van der Waals surface area contributed by atoms with Crippen LogP contribution in [0.5, 0.6) is 0 Å². The lowest BCUT2D eigenvalue weighted by Crippen LogP contribution is -2.04. The van der Waals surface area contributed by atoms with Gasteiger partial charge in [-0.25, -0.2) is 9.97 Å². The molecule has 0 saturated carbocycles. The van der Waals surface area contributed by atoms with Crippen LogP contribution in [0.15, 0.2) is 22.9 Å². The van der Waals surface area contributed by atoms with Crippen molar-refractivity contribution in [1.29, 1.82) is 0 Å². The first-order valence-electron chi connectivity index (χ1n) is 5.64. The lowest BCUT2D eigenvalue weighted by molar-refractivity contribution is 0.460. The number of nitrogen functional groups attached to an aromatic ring is 1. The molecule has 6 nitrogen and oxygen atoms in total. The van der Waals surface area contributed by atoms with E-state index in [9.17, 15) is 0 Å². The Labute approximate surface area is 103 Å². The van der Waals surface area contributed by atoms with E-state index in [0.29, 0.717) is 18.4 Å². The Kier molecular flexibility index (Phi) is 2.29. The number of nitrogens with zero attached hydrogens (tertiary/aromatic N) is 4. The largest absolute Gasteiger partial charge is 0.444 e. The Morgan fingerprint density at radius 1 is 1.33 bits per heavy atom. The summed E-state index contributed by atoms with van der Waals surface area (Å²) < 4.78 is 7.42. The van der Waals surface area contributed by atoms with Gasteiger partial charge in [0.1, 0.15) is 17.8 Å². The summed E-state index contributed by atoms with van der Waals surface area (Å²) >= 11 is 0. The van der Waals surface area contributed by atoms with Gasteiger partial charge >= 0.3 is 0 Å². The van der Waals surface area contributed by atoms with Gasteiger partial charge in [-0.2, -0.15) is 0 Å². The first-order chi connectivity index (χ1) is 8.65. The number of aromatic nitrogens is 4. The van der Waals surface area contributed by atoms with Crippen LogP contribution in [0.3, 0.4) is 0 Å². The van der Waals surface area contributed by atoms with Gasteiger partial charge in [0.2, 0.25) is 11.8 Å². The number of anilines is 1. The molecular weight excluding hydrogens is 230 g/mol. The molecule has 0 saturated heterocycles. The van der Waals surface area contributed by atoms with Crippen molar-refractivity contribution in [1.82, 2.24) is 19.5 Å². The number of pyridine rings is 1. The molecule has 0 atom stereocenters. The molecule has 92 valence electrons. The summed E-state index contributed by atoms with van der Waals surface area (Å²) in [4.78, 5) is 12.6. The summed E-state index contributed by atoms with van der Waals surface area (Å²) in [5.41, 5.74) is 8.50. The van der Waals surface area contributed by atoms with Gasteiger partial charge in [0.05, 0.1) is 17.4 Å². The highest BCUT2D eigenvalue weighted by atomic mass is 16.4. The van der Waals surface area contributed by atoms with E-state index >= 15 is 0 Å². The Hall–Kier alpha value is -2.37. The minimum absolute atomic E-state index is 0.437. The third-order valence-electron chi connectivity index (χ3n) is 2.95. The van der Waals surface area contributed by atoms with Crippen LogP contribution in [0.4, 0.5) is 5.95 Å². The van der Waals surface area contributed by atoms with Crippen LogP contribution in [-0.2, 0) is 6.54 Å². The van der Waals surface area contributed by atoms with Crippen LogP contribution >= 0.6 is 0 Å². The number of oxazole rings is 1. The number of imidazole rings is 1. The molecule has 6 heteroatoms. The fourth-order valence-corrected chi connectivity index (χ4v) is 1.91. The lowest BCUT2D eigenvalue weighted by atomic mass is 10.4. The van der Waals surface area contributed by atoms with E-state index in [1.807, 2.05) is 24.5 Å². The first-order valence-corrected chi connectivity index (χ1v) is 5.64. The van der Waals surface area contributed by atoms with E-state index in [1.54, 1.807) is 12.4 Å². The molecule has 0 aliphatic rings. The van der Waals surface area contributed by atoms with Gasteiger partial charge in [-0.3, -0.25) is 4.98 Å². The number of rotatable bonds is 2. The van der Waals surface area contributed by atoms with E-state index in [1.165, 1.54) is 0 Å². The fraction of sp³-hybridized carbons (Fsp3) is 0.250. The topological polar surface area (TPSA) is 82.8 Å². The van der Waals surface area contributed by atoms with Gasteiger partial charge in [0.15, 0.2) is 0 Å². The van der Waals surface area contributed by atoms with Crippen molar-refractivity contribution in [2.24, 2.45) is 0 Å². The van der Waals surface area contributed by atoms with Crippen LogP contribution in [0.25, 0.3) is 11.0 Å². The predicted molar refractivity (Wildman–Crippen MR) is 67.0 cm³/mol. The number of hydrogen-bond acceptors (Lipinski definition) is 5. The molecule has 3 heterocycles. The number of nitrogens with two attached hydrogens (primary N) is 1. The molecule has 0 aliphatic heterocycles. The van der Waals surface area contributed by atoms with Crippen molar-refractivity contribution >= 4 is 17.0 Å². The summed E-state index contributed by atoms with van der Waals surface area (Å²) in [7, 11) is 0. The molecule has 3 aromatic rings. The third-order valence-corrected chi connectivity index (χ3v) is 2.95. The monoisotopic (exact) mass is 243 g/mol. The average Bonchev–Trinajstić information content (AvgIpc) is 2.82. The van der Waals surface area contributed by atoms with Crippen LogP contribution in [0.2, 0.25) is 0 Å². The molecule has 0 fully saturated rings. The quantitative estimate of drug-likeness (QED) is 0.740. The molecular formula is C12H13N5O. The van der Waals surface area contributed by atoms with E-state index in [-0.39, 0.29) is 0 Å². The minimum atomic E-state index is 0.437. The molecule has 0 aliphatic carbocycles. The summed E-state index contributed by atoms with van der Waals surface area (Å²) in [5.74, 6) is 1.90. The second-order valence-electron chi connectivity index (χ2n) is 4.17. The number of aryl methyl sites for hydroxylation is 2. The fourth-order valence-electron chi connectivity index (χ4n) is 1.91. The van der Waals surface area contributed by atoms with E-state index in [4.69, 9.17) is 10.2 Å². The number of hydrogen-bond donors (Lipinski definition) is 1. The standard InChI is InChI=1S/C12H13N5O/c1-7-8(2)18-11(15-7)6-17-10-3-4-14-5-9(10)16-12(17)13/h3-5H,6H2,1-2H3,(H2,13,16). The highest BCUT2D eigenvalue weighted by Crippen LogP contribution is 2.18. The maximum Gasteiger partial charge on any atom is 0.214 e. The zero-order valence-corrected chi connectivity index (χ0v) is 10.2. The van der Waals surface area contributed by atoms with Gasteiger partial charge in [-0.1, -0.05) is 0 Å². The molecule has 3 aromatic heterocycles. The van der Waals surface area contributed by atoms with E-state index < -0.39 is 0 Å². The normalized spacial score (nSPS) is 11.2. The molecule has 0 aromatic carbocycles. The maximum absolute atomic E-state index is 5.90. The van der Waals surface area contributed by atoms with Crippen molar-refractivity contribution in [3.8, 4) is 0 Å². The molecule has 0 unspecified atom stereocenters. The zero-order valence-electron chi connectivity index (χ0n) is 10.2. The summed E-state index contributed by atoms with van der Waals surface area (Å²) in [6.45, 7) is 4.29. The molecule has 0 radical (unpaired) electrons. The molecule has 18 heavy (non-hydrogen) atoms. The highest BCUT2D eigenvalue weighted by molar-refractivity contribution is 5.77.